The minimum Gasteiger partial charge on any atom is -0.392 e. The molecule has 2 rings (SSSR count). The van der Waals surface area contributed by atoms with E-state index in [0.29, 0.717) is 19.6 Å². The standard InChI is InChI=1S/C12H21N3O3/c1-12(2)10(17)15(11(18)13-12)7-6-14-5-3-4-9(16)8-14/h9,16H,3-8H2,1-2H3,(H,13,18)/t9-/m0/s1. The van der Waals surface area contributed by atoms with Gasteiger partial charge in [0, 0.05) is 19.6 Å². The molecule has 102 valence electrons. The molecule has 18 heavy (non-hydrogen) atoms. The van der Waals surface area contributed by atoms with E-state index in [4.69, 9.17) is 0 Å². The van der Waals surface area contributed by atoms with Crippen LogP contribution in [-0.4, -0.2) is 64.7 Å². The highest BCUT2D eigenvalue weighted by molar-refractivity contribution is 6.06. The zero-order valence-corrected chi connectivity index (χ0v) is 11.0. The van der Waals surface area contributed by atoms with Crippen LogP contribution in [0.4, 0.5) is 4.79 Å². The summed E-state index contributed by atoms with van der Waals surface area (Å²) in [7, 11) is 0. The summed E-state index contributed by atoms with van der Waals surface area (Å²) >= 11 is 0. The number of hydrogen-bond acceptors (Lipinski definition) is 4. The molecule has 2 aliphatic heterocycles. The molecule has 0 aliphatic carbocycles. The Labute approximate surface area is 107 Å². The molecule has 0 radical (unpaired) electrons. The summed E-state index contributed by atoms with van der Waals surface area (Å²) in [6.07, 6.45) is 1.53. The van der Waals surface area contributed by atoms with Gasteiger partial charge < -0.3 is 10.4 Å². The Kier molecular flexibility index (Phi) is 3.59. The molecule has 1 atom stereocenters. The Hall–Kier alpha value is -1.14. The van der Waals surface area contributed by atoms with Gasteiger partial charge in [0.15, 0.2) is 0 Å². The SMILES string of the molecule is CC1(C)NC(=O)N(CCN2CCC[C@H](O)C2)C1=O. The average molecular weight is 255 g/mol. The summed E-state index contributed by atoms with van der Waals surface area (Å²) < 4.78 is 0. The number of likely N-dealkylation sites (tertiary alicyclic amines) is 1. The predicted molar refractivity (Wildman–Crippen MR) is 66.0 cm³/mol. The normalized spacial score (nSPS) is 28.6. The number of imide groups is 1. The summed E-state index contributed by atoms with van der Waals surface area (Å²) in [5.41, 5.74) is -0.793. The molecule has 0 unspecified atom stereocenters. The number of aliphatic hydroxyl groups is 1. The number of piperidine rings is 1. The quantitative estimate of drug-likeness (QED) is 0.684. The molecule has 2 saturated heterocycles. The molecule has 6 heteroatoms. The van der Waals surface area contributed by atoms with Gasteiger partial charge in [0.1, 0.15) is 5.54 Å². The number of carbonyl (C=O) groups is 2. The fourth-order valence-electron chi connectivity index (χ4n) is 2.50. The maximum absolute atomic E-state index is 11.9. The molecule has 2 N–H and O–H groups in total. The molecule has 0 bridgehead atoms. The minimum absolute atomic E-state index is 0.176. The van der Waals surface area contributed by atoms with E-state index in [2.05, 4.69) is 10.2 Å². The maximum Gasteiger partial charge on any atom is 0.325 e. The lowest BCUT2D eigenvalue weighted by Gasteiger charge is -2.30. The fraction of sp³-hybridized carbons (Fsp3) is 0.833. The van der Waals surface area contributed by atoms with Gasteiger partial charge in [-0.05, 0) is 33.2 Å². The Morgan fingerprint density at radius 1 is 1.39 bits per heavy atom. The van der Waals surface area contributed by atoms with Crippen LogP contribution in [0.15, 0.2) is 0 Å². The molecule has 3 amide bonds. The molecule has 0 saturated carbocycles. The van der Waals surface area contributed by atoms with Gasteiger partial charge >= 0.3 is 6.03 Å². The van der Waals surface area contributed by atoms with Crippen molar-refractivity contribution in [2.45, 2.75) is 38.3 Å². The lowest BCUT2D eigenvalue weighted by Crippen LogP contribution is -2.45. The van der Waals surface area contributed by atoms with E-state index in [0.717, 1.165) is 19.4 Å². The van der Waals surface area contributed by atoms with Crippen molar-refractivity contribution < 1.29 is 14.7 Å². The van der Waals surface area contributed by atoms with E-state index >= 15 is 0 Å². The molecular formula is C12H21N3O3. The minimum atomic E-state index is -0.793. The van der Waals surface area contributed by atoms with E-state index in [1.165, 1.54) is 4.90 Å². The average Bonchev–Trinajstić information content (AvgIpc) is 2.46. The number of hydrogen-bond donors (Lipinski definition) is 2. The first kappa shape index (κ1) is 13.3. The zero-order valence-electron chi connectivity index (χ0n) is 11.0. The highest BCUT2D eigenvalue weighted by Gasteiger charge is 2.43. The van der Waals surface area contributed by atoms with Gasteiger partial charge in [-0.1, -0.05) is 0 Å². The van der Waals surface area contributed by atoms with Crippen LogP contribution in [-0.2, 0) is 4.79 Å². The van der Waals surface area contributed by atoms with Gasteiger partial charge in [-0.25, -0.2) is 4.79 Å². The van der Waals surface area contributed by atoms with E-state index in [9.17, 15) is 14.7 Å². The first-order chi connectivity index (χ1) is 8.40. The van der Waals surface area contributed by atoms with Gasteiger partial charge in [0.2, 0.25) is 0 Å². The summed E-state index contributed by atoms with van der Waals surface area (Å²) in [5.74, 6) is -0.176. The number of aliphatic hydroxyl groups excluding tert-OH is 1. The van der Waals surface area contributed by atoms with Crippen LogP contribution in [0.5, 0.6) is 0 Å². The second-order valence-electron chi connectivity index (χ2n) is 5.61. The second kappa shape index (κ2) is 4.85. The fourth-order valence-corrected chi connectivity index (χ4v) is 2.50. The Bertz CT molecular complexity index is 356. The highest BCUT2D eigenvalue weighted by atomic mass is 16.3. The second-order valence-corrected chi connectivity index (χ2v) is 5.61. The molecule has 2 aliphatic rings. The molecule has 0 aromatic carbocycles. The van der Waals surface area contributed by atoms with Crippen LogP contribution >= 0.6 is 0 Å². The third-order valence-corrected chi connectivity index (χ3v) is 3.56. The summed E-state index contributed by atoms with van der Waals surface area (Å²) in [5, 5.41) is 12.2. The van der Waals surface area contributed by atoms with Gasteiger partial charge in [-0.2, -0.15) is 0 Å². The third kappa shape index (κ3) is 2.64. The van der Waals surface area contributed by atoms with Gasteiger partial charge in [0.25, 0.3) is 5.91 Å². The van der Waals surface area contributed by atoms with E-state index in [1.807, 2.05) is 0 Å². The lowest BCUT2D eigenvalue weighted by atomic mass is 10.1. The Morgan fingerprint density at radius 3 is 2.67 bits per heavy atom. The monoisotopic (exact) mass is 255 g/mol. The zero-order chi connectivity index (χ0) is 13.3. The molecule has 2 heterocycles. The number of nitrogens with zero attached hydrogens (tertiary/aromatic N) is 2. The number of amides is 3. The summed E-state index contributed by atoms with van der Waals surface area (Å²) in [6, 6.07) is -0.317. The smallest absolute Gasteiger partial charge is 0.325 e. The predicted octanol–water partition coefficient (Wildman–Crippen LogP) is -0.226. The first-order valence-corrected chi connectivity index (χ1v) is 6.45. The number of rotatable bonds is 3. The molecule has 0 spiro atoms. The topological polar surface area (TPSA) is 72.9 Å². The van der Waals surface area contributed by atoms with Gasteiger partial charge in [-0.3, -0.25) is 14.6 Å². The molecule has 2 fully saturated rings. The van der Waals surface area contributed by atoms with E-state index < -0.39 is 5.54 Å². The van der Waals surface area contributed by atoms with Crippen LogP contribution in [0.3, 0.4) is 0 Å². The number of nitrogens with one attached hydrogen (secondary N) is 1. The Morgan fingerprint density at radius 2 is 2.11 bits per heavy atom. The number of β-amino-alcohol motifs (C(OH)–C–C–N with tert-alkyl or cyclic N) is 1. The van der Waals surface area contributed by atoms with E-state index in [1.54, 1.807) is 13.8 Å². The Balaban J connectivity index is 1.87. The van der Waals surface area contributed by atoms with Crippen molar-refractivity contribution in [1.29, 1.82) is 0 Å². The first-order valence-electron chi connectivity index (χ1n) is 6.45. The van der Waals surface area contributed by atoms with Crippen molar-refractivity contribution in [3.05, 3.63) is 0 Å². The van der Waals surface area contributed by atoms with Crippen molar-refractivity contribution >= 4 is 11.9 Å². The van der Waals surface area contributed by atoms with Crippen molar-refractivity contribution in [3.8, 4) is 0 Å². The molecule has 6 nitrogen and oxygen atoms in total. The largest absolute Gasteiger partial charge is 0.392 e. The van der Waals surface area contributed by atoms with E-state index in [-0.39, 0.29) is 18.0 Å². The van der Waals surface area contributed by atoms with Crippen LogP contribution in [0.25, 0.3) is 0 Å². The van der Waals surface area contributed by atoms with Gasteiger partial charge in [0.05, 0.1) is 6.10 Å². The van der Waals surface area contributed by atoms with Crippen molar-refractivity contribution in [2.24, 2.45) is 0 Å². The number of carbonyl (C=O) groups excluding carboxylic acids is 2. The van der Waals surface area contributed by atoms with Crippen LogP contribution < -0.4 is 5.32 Å². The maximum atomic E-state index is 11.9. The molecule has 0 aromatic rings. The van der Waals surface area contributed by atoms with Gasteiger partial charge in [-0.15, -0.1) is 0 Å². The summed E-state index contributed by atoms with van der Waals surface area (Å²) in [6.45, 7) is 5.99. The van der Waals surface area contributed by atoms with Crippen LogP contribution in [0.2, 0.25) is 0 Å². The van der Waals surface area contributed by atoms with Crippen molar-refractivity contribution in [3.63, 3.8) is 0 Å². The lowest BCUT2D eigenvalue weighted by molar-refractivity contribution is -0.130. The highest BCUT2D eigenvalue weighted by Crippen LogP contribution is 2.17. The van der Waals surface area contributed by atoms with Crippen LogP contribution in [0.1, 0.15) is 26.7 Å². The molecular weight excluding hydrogens is 234 g/mol. The van der Waals surface area contributed by atoms with Crippen molar-refractivity contribution in [2.75, 3.05) is 26.2 Å². The number of urea groups is 1. The third-order valence-electron chi connectivity index (χ3n) is 3.56. The molecule has 0 aromatic heterocycles. The summed E-state index contributed by atoms with van der Waals surface area (Å²) in [4.78, 5) is 27.0. The van der Waals surface area contributed by atoms with Crippen molar-refractivity contribution in [1.82, 2.24) is 15.1 Å². The van der Waals surface area contributed by atoms with Crippen LogP contribution in [0, 0.1) is 0 Å².